The summed E-state index contributed by atoms with van der Waals surface area (Å²) in [5.74, 6) is -0.202. The normalized spacial score (nSPS) is 17.2. The van der Waals surface area contributed by atoms with E-state index in [1.165, 1.54) is 6.07 Å². The molecule has 2 aromatic rings. The Balaban J connectivity index is 1.88. The molecule has 0 N–H and O–H groups in total. The van der Waals surface area contributed by atoms with Crippen LogP contribution in [0.2, 0.25) is 0 Å². The van der Waals surface area contributed by atoms with Crippen LogP contribution in [-0.4, -0.2) is 31.3 Å². The smallest absolute Gasteiger partial charge is 0.186 e. The van der Waals surface area contributed by atoms with Gasteiger partial charge >= 0.3 is 0 Å². The zero-order valence-corrected chi connectivity index (χ0v) is 11.0. The quantitative estimate of drug-likeness (QED) is 0.835. The standard InChI is InChI=1S/C13H15FN2OS/c1-16(10-4-6-17-7-5-10)13-15-11-3-2-9(14)8-12(11)18-13/h2-3,8,10H,4-7H2,1H3. The van der Waals surface area contributed by atoms with Crippen LogP contribution < -0.4 is 4.90 Å². The molecule has 3 nitrogen and oxygen atoms in total. The Hall–Kier alpha value is -1.20. The summed E-state index contributed by atoms with van der Waals surface area (Å²) in [6.07, 6.45) is 2.06. The summed E-state index contributed by atoms with van der Waals surface area (Å²) in [4.78, 5) is 6.77. The fourth-order valence-corrected chi connectivity index (χ4v) is 3.29. The number of nitrogens with zero attached hydrogens (tertiary/aromatic N) is 2. The molecule has 1 aromatic heterocycles. The van der Waals surface area contributed by atoms with Gasteiger partial charge in [0.1, 0.15) is 5.82 Å². The first-order chi connectivity index (χ1) is 8.74. The molecule has 0 saturated carbocycles. The Kier molecular flexibility index (Phi) is 3.18. The van der Waals surface area contributed by atoms with E-state index >= 15 is 0 Å². The lowest BCUT2D eigenvalue weighted by molar-refractivity contribution is 0.0855. The van der Waals surface area contributed by atoms with Crippen molar-refractivity contribution in [3.05, 3.63) is 24.0 Å². The number of aromatic nitrogens is 1. The highest BCUT2D eigenvalue weighted by Gasteiger charge is 2.21. The van der Waals surface area contributed by atoms with Crippen LogP contribution in [0.4, 0.5) is 9.52 Å². The molecule has 3 rings (SSSR count). The number of rotatable bonds is 2. The highest BCUT2D eigenvalue weighted by Crippen LogP contribution is 2.31. The molecule has 0 aliphatic carbocycles. The number of anilines is 1. The summed E-state index contributed by atoms with van der Waals surface area (Å²) in [5, 5.41) is 0.961. The van der Waals surface area contributed by atoms with E-state index in [9.17, 15) is 4.39 Å². The molecule has 96 valence electrons. The molecule has 1 aliphatic heterocycles. The van der Waals surface area contributed by atoms with E-state index in [0.29, 0.717) is 6.04 Å². The predicted molar refractivity (Wildman–Crippen MR) is 71.8 cm³/mol. The van der Waals surface area contributed by atoms with Gasteiger partial charge in [-0.15, -0.1) is 0 Å². The average molecular weight is 266 g/mol. The largest absolute Gasteiger partial charge is 0.381 e. The van der Waals surface area contributed by atoms with Crippen molar-refractivity contribution in [2.45, 2.75) is 18.9 Å². The number of halogens is 1. The number of hydrogen-bond acceptors (Lipinski definition) is 4. The van der Waals surface area contributed by atoms with Crippen molar-refractivity contribution >= 4 is 26.7 Å². The fourth-order valence-electron chi connectivity index (χ4n) is 2.27. The molecule has 0 amide bonds. The van der Waals surface area contributed by atoms with Crippen LogP contribution in [0.1, 0.15) is 12.8 Å². The number of ether oxygens (including phenoxy) is 1. The summed E-state index contributed by atoms with van der Waals surface area (Å²) in [5.41, 5.74) is 0.871. The number of thiazole rings is 1. The van der Waals surface area contributed by atoms with Gasteiger partial charge in [-0.25, -0.2) is 9.37 Å². The first kappa shape index (κ1) is 11.9. The van der Waals surface area contributed by atoms with E-state index in [0.717, 1.165) is 41.4 Å². The topological polar surface area (TPSA) is 25.4 Å². The summed E-state index contributed by atoms with van der Waals surface area (Å²) >= 11 is 1.55. The van der Waals surface area contributed by atoms with Gasteiger partial charge in [-0.05, 0) is 31.0 Å². The van der Waals surface area contributed by atoms with Crippen LogP contribution in [0.5, 0.6) is 0 Å². The molecule has 1 aromatic carbocycles. The van der Waals surface area contributed by atoms with Crippen molar-refractivity contribution < 1.29 is 9.13 Å². The predicted octanol–water partition coefficient (Wildman–Crippen LogP) is 3.05. The minimum absolute atomic E-state index is 0.202. The van der Waals surface area contributed by atoms with E-state index in [-0.39, 0.29) is 5.82 Å². The lowest BCUT2D eigenvalue weighted by atomic mass is 10.1. The molecule has 1 saturated heterocycles. The van der Waals surface area contributed by atoms with Crippen LogP contribution in [-0.2, 0) is 4.74 Å². The van der Waals surface area contributed by atoms with Crippen LogP contribution in [0.15, 0.2) is 18.2 Å². The number of hydrogen-bond donors (Lipinski definition) is 0. The van der Waals surface area contributed by atoms with Gasteiger partial charge in [0, 0.05) is 26.3 Å². The van der Waals surface area contributed by atoms with E-state index in [1.54, 1.807) is 23.5 Å². The molecule has 0 unspecified atom stereocenters. The van der Waals surface area contributed by atoms with Crippen molar-refractivity contribution in [3.63, 3.8) is 0 Å². The molecule has 2 heterocycles. The minimum Gasteiger partial charge on any atom is -0.381 e. The molecule has 1 aliphatic rings. The van der Waals surface area contributed by atoms with Crippen molar-refractivity contribution in [1.29, 1.82) is 0 Å². The first-order valence-electron chi connectivity index (χ1n) is 6.11. The van der Waals surface area contributed by atoms with Gasteiger partial charge in [-0.3, -0.25) is 0 Å². The second-order valence-corrected chi connectivity index (χ2v) is 5.57. The van der Waals surface area contributed by atoms with Crippen molar-refractivity contribution in [2.75, 3.05) is 25.2 Å². The fraction of sp³-hybridized carbons (Fsp3) is 0.462. The van der Waals surface area contributed by atoms with E-state index in [4.69, 9.17) is 4.74 Å². The maximum atomic E-state index is 13.2. The monoisotopic (exact) mass is 266 g/mol. The van der Waals surface area contributed by atoms with Crippen LogP contribution in [0.25, 0.3) is 10.2 Å². The third-order valence-corrected chi connectivity index (χ3v) is 4.49. The van der Waals surface area contributed by atoms with Gasteiger partial charge < -0.3 is 9.64 Å². The molecule has 0 spiro atoms. The van der Waals surface area contributed by atoms with Gasteiger partial charge in [-0.1, -0.05) is 11.3 Å². The molecule has 0 bridgehead atoms. The van der Waals surface area contributed by atoms with Gasteiger partial charge in [0.25, 0.3) is 0 Å². The first-order valence-corrected chi connectivity index (χ1v) is 6.92. The van der Waals surface area contributed by atoms with Crippen LogP contribution in [0.3, 0.4) is 0 Å². The van der Waals surface area contributed by atoms with E-state index in [2.05, 4.69) is 16.9 Å². The molecule has 5 heteroatoms. The Morgan fingerprint density at radius 2 is 2.17 bits per heavy atom. The van der Waals surface area contributed by atoms with Gasteiger partial charge in [0.05, 0.1) is 10.2 Å². The Labute approximate surface area is 109 Å². The second kappa shape index (κ2) is 4.82. The van der Waals surface area contributed by atoms with Crippen molar-refractivity contribution in [3.8, 4) is 0 Å². The van der Waals surface area contributed by atoms with Crippen LogP contribution >= 0.6 is 11.3 Å². The third kappa shape index (κ3) is 2.20. The van der Waals surface area contributed by atoms with Gasteiger partial charge in [0.15, 0.2) is 5.13 Å². The highest BCUT2D eigenvalue weighted by molar-refractivity contribution is 7.22. The maximum Gasteiger partial charge on any atom is 0.186 e. The maximum absolute atomic E-state index is 13.2. The lowest BCUT2D eigenvalue weighted by Crippen LogP contribution is -2.36. The third-order valence-electron chi connectivity index (χ3n) is 3.38. The number of benzene rings is 1. The summed E-state index contributed by atoms with van der Waals surface area (Å²) in [6, 6.07) is 5.22. The summed E-state index contributed by atoms with van der Waals surface area (Å²) in [6.45, 7) is 1.63. The van der Waals surface area contributed by atoms with E-state index < -0.39 is 0 Å². The average Bonchev–Trinajstić information content (AvgIpc) is 2.81. The Bertz CT molecular complexity index is 551. The SMILES string of the molecule is CN(c1nc2ccc(F)cc2s1)C1CCOCC1. The molecule has 1 fully saturated rings. The van der Waals surface area contributed by atoms with Crippen LogP contribution in [0, 0.1) is 5.82 Å². The molecular formula is C13H15FN2OS. The zero-order chi connectivity index (χ0) is 12.5. The summed E-state index contributed by atoms with van der Waals surface area (Å²) < 4.78 is 19.4. The minimum atomic E-state index is -0.202. The zero-order valence-electron chi connectivity index (χ0n) is 10.2. The Morgan fingerprint density at radius 1 is 1.39 bits per heavy atom. The van der Waals surface area contributed by atoms with Gasteiger partial charge in [0.2, 0.25) is 0 Å². The van der Waals surface area contributed by atoms with Gasteiger partial charge in [-0.2, -0.15) is 0 Å². The molecule has 0 atom stereocenters. The molecule has 18 heavy (non-hydrogen) atoms. The Morgan fingerprint density at radius 3 is 2.94 bits per heavy atom. The highest BCUT2D eigenvalue weighted by atomic mass is 32.1. The van der Waals surface area contributed by atoms with Crippen molar-refractivity contribution in [2.24, 2.45) is 0 Å². The van der Waals surface area contributed by atoms with Crippen molar-refractivity contribution in [1.82, 2.24) is 4.98 Å². The second-order valence-electron chi connectivity index (χ2n) is 4.56. The summed E-state index contributed by atoms with van der Waals surface area (Å²) in [7, 11) is 2.06. The molecule has 0 radical (unpaired) electrons. The lowest BCUT2D eigenvalue weighted by Gasteiger charge is -2.30. The van der Waals surface area contributed by atoms with E-state index in [1.807, 2.05) is 0 Å². The number of fused-ring (bicyclic) bond motifs is 1. The molecular weight excluding hydrogens is 251 g/mol.